The van der Waals surface area contributed by atoms with Gasteiger partial charge in [-0.05, 0) is 40.4 Å². The highest BCUT2D eigenvalue weighted by atomic mass is 16.2. The van der Waals surface area contributed by atoms with E-state index in [1.165, 1.54) is 0 Å². The molecule has 0 fully saturated rings. The van der Waals surface area contributed by atoms with E-state index in [2.05, 4.69) is 10.2 Å². The zero-order chi connectivity index (χ0) is 10.3. The zero-order valence-electron chi connectivity index (χ0n) is 8.84. The van der Waals surface area contributed by atoms with Gasteiger partial charge in [0.1, 0.15) is 0 Å². The second-order valence-corrected chi connectivity index (χ2v) is 3.59. The van der Waals surface area contributed by atoms with Crippen LogP contribution in [0.1, 0.15) is 19.8 Å². The van der Waals surface area contributed by atoms with E-state index in [9.17, 15) is 4.79 Å². The lowest BCUT2D eigenvalue weighted by atomic mass is 10.3. The Bertz CT molecular complexity index is 146. The molecule has 0 heterocycles. The summed E-state index contributed by atoms with van der Waals surface area (Å²) in [6.45, 7) is 3.48. The highest BCUT2D eigenvalue weighted by Gasteiger charge is 2.04. The lowest BCUT2D eigenvalue weighted by molar-refractivity contribution is -0.121. The minimum absolute atomic E-state index is 0.0650. The first-order valence-corrected chi connectivity index (χ1v) is 4.72. The standard InChI is InChI=1S/C9H21N3O/c1-8(10)9(13)11-6-4-5-7-12(2)3/h8H,4-7,10H2,1-3H3,(H,11,13)/t8-/m1/s1. The highest BCUT2D eigenvalue weighted by Crippen LogP contribution is 1.88. The van der Waals surface area contributed by atoms with Crippen molar-refractivity contribution < 1.29 is 4.79 Å². The predicted molar refractivity (Wildman–Crippen MR) is 54.4 cm³/mol. The molecule has 1 amide bonds. The molecule has 0 saturated carbocycles. The molecule has 0 unspecified atom stereocenters. The van der Waals surface area contributed by atoms with Gasteiger partial charge in [0.25, 0.3) is 0 Å². The van der Waals surface area contributed by atoms with Crippen LogP contribution >= 0.6 is 0 Å². The molecule has 0 aliphatic heterocycles. The van der Waals surface area contributed by atoms with Gasteiger partial charge in [0, 0.05) is 6.54 Å². The molecule has 13 heavy (non-hydrogen) atoms. The molecule has 1 atom stereocenters. The number of carbonyl (C=O) groups is 1. The van der Waals surface area contributed by atoms with Crippen LogP contribution in [0, 0.1) is 0 Å². The average molecular weight is 187 g/mol. The first-order valence-electron chi connectivity index (χ1n) is 4.72. The van der Waals surface area contributed by atoms with Crippen molar-refractivity contribution >= 4 is 5.91 Å². The fraction of sp³-hybridized carbons (Fsp3) is 0.889. The molecule has 0 bridgehead atoms. The summed E-state index contributed by atoms with van der Waals surface area (Å²) in [5.41, 5.74) is 5.38. The number of nitrogens with two attached hydrogens (primary N) is 1. The van der Waals surface area contributed by atoms with Crippen molar-refractivity contribution in [2.45, 2.75) is 25.8 Å². The summed E-state index contributed by atoms with van der Waals surface area (Å²) in [6.07, 6.45) is 2.11. The normalized spacial score (nSPS) is 13.0. The molecule has 0 aliphatic carbocycles. The van der Waals surface area contributed by atoms with Crippen molar-refractivity contribution in [1.82, 2.24) is 10.2 Å². The largest absolute Gasteiger partial charge is 0.355 e. The van der Waals surface area contributed by atoms with Crippen molar-refractivity contribution in [1.29, 1.82) is 0 Å². The number of hydrogen-bond donors (Lipinski definition) is 2. The smallest absolute Gasteiger partial charge is 0.236 e. The Kier molecular flexibility index (Phi) is 6.54. The summed E-state index contributed by atoms with van der Waals surface area (Å²) >= 11 is 0. The number of amides is 1. The summed E-state index contributed by atoms with van der Waals surface area (Å²) in [7, 11) is 4.08. The van der Waals surface area contributed by atoms with Gasteiger partial charge in [0.2, 0.25) is 5.91 Å². The number of rotatable bonds is 6. The van der Waals surface area contributed by atoms with Crippen LogP contribution < -0.4 is 11.1 Å². The predicted octanol–water partition coefficient (Wildman–Crippen LogP) is -0.208. The Morgan fingerprint density at radius 3 is 2.54 bits per heavy atom. The van der Waals surface area contributed by atoms with E-state index in [0.717, 1.165) is 25.9 Å². The highest BCUT2D eigenvalue weighted by molar-refractivity contribution is 5.80. The van der Waals surface area contributed by atoms with Crippen LogP contribution in [0.3, 0.4) is 0 Å². The number of carbonyl (C=O) groups excluding carboxylic acids is 1. The molecule has 0 saturated heterocycles. The van der Waals surface area contributed by atoms with Crippen LogP contribution in [-0.2, 0) is 4.79 Å². The van der Waals surface area contributed by atoms with Gasteiger partial charge in [-0.15, -0.1) is 0 Å². The van der Waals surface area contributed by atoms with E-state index in [1.807, 2.05) is 14.1 Å². The second kappa shape index (κ2) is 6.86. The molecular weight excluding hydrogens is 166 g/mol. The van der Waals surface area contributed by atoms with Crippen LogP contribution in [0.15, 0.2) is 0 Å². The number of nitrogens with one attached hydrogen (secondary N) is 1. The van der Waals surface area contributed by atoms with Crippen LogP contribution in [0.2, 0.25) is 0 Å². The van der Waals surface area contributed by atoms with Crippen molar-refractivity contribution in [2.75, 3.05) is 27.2 Å². The maximum absolute atomic E-state index is 11.0. The SMILES string of the molecule is C[C@@H](N)C(=O)NCCCCN(C)C. The van der Waals surface area contributed by atoms with Gasteiger partial charge in [-0.2, -0.15) is 0 Å². The van der Waals surface area contributed by atoms with Gasteiger partial charge in [-0.1, -0.05) is 0 Å². The average Bonchev–Trinajstić information content (AvgIpc) is 2.02. The Balaban J connectivity index is 3.21. The summed E-state index contributed by atoms with van der Waals surface area (Å²) < 4.78 is 0. The molecule has 4 nitrogen and oxygen atoms in total. The quantitative estimate of drug-likeness (QED) is 0.566. The Labute approximate surface area is 80.5 Å². The fourth-order valence-corrected chi connectivity index (χ4v) is 0.926. The lowest BCUT2D eigenvalue weighted by Gasteiger charge is -2.10. The molecule has 0 aromatic carbocycles. The minimum Gasteiger partial charge on any atom is -0.355 e. The molecule has 0 aromatic heterocycles. The first-order chi connectivity index (χ1) is 6.04. The first kappa shape index (κ1) is 12.4. The fourth-order valence-electron chi connectivity index (χ4n) is 0.926. The van der Waals surface area contributed by atoms with E-state index in [1.54, 1.807) is 6.92 Å². The number of nitrogens with zero attached hydrogens (tertiary/aromatic N) is 1. The molecule has 4 heteroatoms. The van der Waals surface area contributed by atoms with E-state index in [4.69, 9.17) is 5.73 Å². The summed E-state index contributed by atoms with van der Waals surface area (Å²) in [6, 6.07) is -0.395. The van der Waals surface area contributed by atoms with Crippen LogP contribution in [0.4, 0.5) is 0 Å². The molecule has 0 spiro atoms. The van der Waals surface area contributed by atoms with Crippen LogP contribution in [0.5, 0.6) is 0 Å². The van der Waals surface area contributed by atoms with Crippen LogP contribution in [0.25, 0.3) is 0 Å². The Hall–Kier alpha value is -0.610. The third kappa shape index (κ3) is 7.74. The second-order valence-electron chi connectivity index (χ2n) is 3.59. The van der Waals surface area contributed by atoms with Crippen molar-refractivity contribution in [2.24, 2.45) is 5.73 Å². The number of hydrogen-bond acceptors (Lipinski definition) is 3. The van der Waals surface area contributed by atoms with Crippen molar-refractivity contribution in [3.05, 3.63) is 0 Å². The Morgan fingerprint density at radius 2 is 2.08 bits per heavy atom. The van der Waals surface area contributed by atoms with Gasteiger partial charge < -0.3 is 16.0 Å². The maximum atomic E-state index is 11.0. The minimum atomic E-state index is -0.395. The third-order valence-electron chi connectivity index (χ3n) is 1.74. The number of unbranched alkanes of at least 4 members (excludes halogenated alkanes) is 1. The van der Waals surface area contributed by atoms with E-state index in [-0.39, 0.29) is 5.91 Å². The van der Waals surface area contributed by atoms with Gasteiger partial charge in [0.05, 0.1) is 6.04 Å². The molecular formula is C9H21N3O. The molecule has 0 aromatic rings. The lowest BCUT2D eigenvalue weighted by Crippen LogP contribution is -2.38. The van der Waals surface area contributed by atoms with Gasteiger partial charge in [-0.25, -0.2) is 0 Å². The molecule has 0 radical (unpaired) electrons. The summed E-state index contributed by atoms with van der Waals surface area (Å²) in [5, 5.41) is 2.77. The zero-order valence-corrected chi connectivity index (χ0v) is 8.84. The van der Waals surface area contributed by atoms with E-state index >= 15 is 0 Å². The van der Waals surface area contributed by atoms with Crippen LogP contribution in [-0.4, -0.2) is 44.0 Å². The van der Waals surface area contributed by atoms with E-state index < -0.39 is 6.04 Å². The summed E-state index contributed by atoms with van der Waals surface area (Å²) in [4.78, 5) is 13.1. The Morgan fingerprint density at radius 1 is 1.46 bits per heavy atom. The monoisotopic (exact) mass is 187 g/mol. The topological polar surface area (TPSA) is 58.4 Å². The van der Waals surface area contributed by atoms with Gasteiger partial charge in [-0.3, -0.25) is 4.79 Å². The molecule has 0 rings (SSSR count). The summed E-state index contributed by atoms with van der Waals surface area (Å²) in [5.74, 6) is -0.0650. The molecule has 0 aliphatic rings. The molecule has 3 N–H and O–H groups in total. The van der Waals surface area contributed by atoms with E-state index in [0.29, 0.717) is 0 Å². The molecule has 78 valence electrons. The van der Waals surface area contributed by atoms with Gasteiger partial charge in [0.15, 0.2) is 0 Å². The van der Waals surface area contributed by atoms with Gasteiger partial charge >= 0.3 is 0 Å². The maximum Gasteiger partial charge on any atom is 0.236 e. The third-order valence-corrected chi connectivity index (χ3v) is 1.74. The van der Waals surface area contributed by atoms with Crippen molar-refractivity contribution in [3.63, 3.8) is 0 Å². The van der Waals surface area contributed by atoms with Crippen molar-refractivity contribution in [3.8, 4) is 0 Å².